The third kappa shape index (κ3) is 2.88. The van der Waals surface area contributed by atoms with E-state index in [-0.39, 0.29) is 0 Å². The van der Waals surface area contributed by atoms with Crippen LogP contribution in [0.2, 0.25) is 0 Å². The monoisotopic (exact) mass is 323 g/mol. The molecule has 6 heteroatoms. The second-order valence-electron chi connectivity index (χ2n) is 4.70. The molecule has 2 aromatic rings. The summed E-state index contributed by atoms with van der Waals surface area (Å²) in [5.74, 6) is 0. The van der Waals surface area contributed by atoms with Crippen LogP contribution in [-0.4, -0.2) is 28.8 Å². The summed E-state index contributed by atoms with van der Waals surface area (Å²) < 4.78 is 2.13. The zero-order valence-electron chi connectivity index (χ0n) is 11.5. The molecule has 0 radical (unpaired) electrons. The van der Waals surface area contributed by atoms with E-state index in [4.69, 9.17) is 0 Å². The van der Waals surface area contributed by atoms with Gasteiger partial charge >= 0.3 is 0 Å². The van der Waals surface area contributed by atoms with Gasteiger partial charge in [-0.2, -0.15) is 0 Å². The molecule has 1 aliphatic rings. The number of hydrogen-bond donors (Lipinski definition) is 1. The zero-order valence-corrected chi connectivity index (χ0v) is 13.9. The van der Waals surface area contributed by atoms with E-state index < -0.39 is 0 Å². The van der Waals surface area contributed by atoms with Crippen LogP contribution in [0, 0.1) is 0 Å². The molecule has 2 atom stereocenters. The normalized spacial score (nSPS) is 21.7. The number of nitrogens with one attached hydrogen (secondary N) is 1. The molecular formula is C14H17N3S3. The molecular weight excluding hydrogens is 306 g/mol. The van der Waals surface area contributed by atoms with E-state index in [9.17, 15) is 0 Å². The minimum absolute atomic E-state index is 0.395. The minimum Gasteiger partial charge on any atom is -0.312 e. The van der Waals surface area contributed by atoms with Gasteiger partial charge in [-0.3, -0.25) is 0 Å². The molecule has 1 N–H and O–H groups in total. The Morgan fingerprint density at radius 1 is 1.25 bits per heavy atom. The Morgan fingerprint density at radius 2 is 2.05 bits per heavy atom. The van der Waals surface area contributed by atoms with Crippen LogP contribution in [0.4, 0.5) is 0 Å². The lowest BCUT2D eigenvalue weighted by Crippen LogP contribution is -2.32. The van der Waals surface area contributed by atoms with E-state index in [1.165, 1.54) is 17.5 Å². The Balaban J connectivity index is 1.80. The molecule has 2 unspecified atom stereocenters. The second kappa shape index (κ2) is 6.47. The number of thioether (sulfide) groups is 2. The van der Waals surface area contributed by atoms with Crippen molar-refractivity contribution in [3.63, 3.8) is 0 Å². The summed E-state index contributed by atoms with van der Waals surface area (Å²) in [6.45, 7) is 0. The van der Waals surface area contributed by atoms with E-state index in [0.717, 1.165) is 15.1 Å². The summed E-state index contributed by atoms with van der Waals surface area (Å²) in [4.78, 5) is 0. The molecule has 0 fully saturated rings. The largest absolute Gasteiger partial charge is 0.312 e. The van der Waals surface area contributed by atoms with Crippen molar-refractivity contribution in [1.82, 2.24) is 15.5 Å². The lowest BCUT2D eigenvalue weighted by Gasteiger charge is -2.32. The number of benzene rings is 1. The van der Waals surface area contributed by atoms with Crippen molar-refractivity contribution >= 4 is 34.9 Å². The minimum atomic E-state index is 0.395. The van der Waals surface area contributed by atoms with Crippen LogP contribution >= 0.6 is 34.9 Å². The fourth-order valence-electron chi connectivity index (χ4n) is 2.66. The number of hydrogen-bond acceptors (Lipinski definition) is 6. The molecule has 0 saturated heterocycles. The van der Waals surface area contributed by atoms with Gasteiger partial charge in [0.15, 0.2) is 8.68 Å². The molecule has 3 rings (SSSR count). The van der Waals surface area contributed by atoms with Gasteiger partial charge in [0.25, 0.3) is 0 Å². The second-order valence-corrected chi connectivity index (χ2v) is 8.22. The zero-order chi connectivity index (χ0) is 13.9. The van der Waals surface area contributed by atoms with E-state index >= 15 is 0 Å². The topological polar surface area (TPSA) is 37.8 Å². The quantitative estimate of drug-likeness (QED) is 0.870. The van der Waals surface area contributed by atoms with Gasteiger partial charge < -0.3 is 5.32 Å². The highest BCUT2D eigenvalue weighted by molar-refractivity contribution is 8.03. The summed E-state index contributed by atoms with van der Waals surface area (Å²) >= 11 is 5.23. The van der Waals surface area contributed by atoms with Crippen LogP contribution in [-0.2, 0) is 6.42 Å². The highest BCUT2D eigenvalue weighted by atomic mass is 32.2. The number of rotatable bonds is 4. The first kappa shape index (κ1) is 14.4. The highest BCUT2D eigenvalue weighted by Crippen LogP contribution is 2.41. The molecule has 1 aliphatic carbocycles. The maximum atomic E-state index is 4.29. The van der Waals surface area contributed by atoms with Gasteiger partial charge in [0, 0.05) is 11.3 Å². The van der Waals surface area contributed by atoms with Crippen LogP contribution in [0.15, 0.2) is 32.9 Å². The standard InChI is InChI=1S/C14H17N3S3/c1-15-12-10-6-4-3-5-9(10)7-8-11(12)19-14-17-16-13(18-2)20-14/h3-6,11-12,15H,7-8H2,1-2H3. The summed E-state index contributed by atoms with van der Waals surface area (Å²) in [5, 5.41) is 12.5. The maximum Gasteiger partial charge on any atom is 0.175 e. The van der Waals surface area contributed by atoms with Crippen LogP contribution < -0.4 is 5.32 Å². The first-order valence-corrected chi connectivity index (χ1v) is 9.53. The molecule has 0 amide bonds. The van der Waals surface area contributed by atoms with E-state index in [0.29, 0.717) is 11.3 Å². The lowest BCUT2D eigenvalue weighted by molar-refractivity contribution is 0.510. The molecule has 0 spiro atoms. The molecule has 1 aromatic carbocycles. The third-order valence-electron chi connectivity index (χ3n) is 3.59. The fourth-order valence-corrected chi connectivity index (χ4v) is 5.62. The van der Waals surface area contributed by atoms with Crippen molar-refractivity contribution in [3.8, 4) is 0 Å². The smallest absolute Gasteiger partial charge is 0.175 e. The predicted octanol–water partition coefficient (Wildman–Crippen LogP) is 3.63. The Labute approximate surface area is 132 Å². The predicted molar refractivity (Wildman–Crippen MR) is 87.9 cm³/mol. The molecule has 0 aliphatic heterocycles. The van der Waals surface area contributed by atoms with Crippen LogP contribution in [0.25, 0.3) is 0 Å². The Kier molecular flexibility index (Phi) is 4.65. The SMILES string of the molecule is CNC1c2ccccc2CCC1Sc1nnc(SC)s1. The first-order chi connectivity index (χ1) is 9.81. The molecule has 1 heterocycles. The van der Waals surface area contributed by atoms with Gasteiger partial charge in [-0.15, -0.1) is 10.2 Å². The lowest BCUT2D eigenvalue weighted by atomic mass is 9.87. The highest BCUT2D eigenvalue weighted by Gasteiger charge is 2.29. The summed E-state index contributed by atoms with van der Waals surface area (Å²) in [7, 11) is 2.05. The van der Waals surface area contributed by atoms with Crippen LogP contribution in [0.1, 0.15) is 23.6 Å². The Bertz CT molecular complexity index is 585. The Morgan fingerprint density at radius 3 is 2.80 bits per heavy atom. The van der Waals surface area contributed by atoms with Crippen LogP contribution in [0.5, 0.6) is 0 Å². The van der Waals surface area contributed by atoms with Gasteiger partial charge in [-0.05, 0) is 37.3 Å². The molecule has 0 bridgehead atoms. The van der Waals surface area contributed by atoms with Gasteiger partial charge in [0.05, 0.1) is 0 Å². The van der Waals surface area contributed by atoms with Crippen molar-refractivity contribution in [3.05, 3.63) is 35.4 Å². The van der Waals surface area contributed by atoms with Crippen molar-refractivity contribution in [2.45, 2.75) is 32.8 Å². The summed E-state index contributed by atoms with van der Waals surface area (Å²) in [6, 6.07) is 9.15. The Hall–Kier alpha value is -0.560. The number of fused-ring (bicyclic) bond motifs is 1. The maximum absolute atomic E-state index is 4.29. The fraction of sp³-hybridized carbons (Fsp3) is 0.429. The number of aromatic nitrogens is 2. The van der Waals surface area contributed by atoms with Crippen molar-refractivity contribution in [1.29, 1.82) is 0 Å². The van der Waals surface area contributed by atoms with Gasteiger partial charge in [-0.25, -0.2) is 0 Å². The first-order valence-electron chi connectivity index (χ1n) is 6.61. The molecule has 20 heavy (non-hydrogen) atoms. The van der Waals surface area contributed by atoms with E-state index in [1.54, 1.807) is 23.1 Å². The van der Waals surface area contributed by atoms with Gasteiger partial charge in [0.2, 0.25) is 0 Å². The molecule has 1 aromatic heterocycles. The average Bonchev–Trinajstić information content (AvgIpc) is 2.95. The van der Waals surface area contributed by atoms with Crippen molar-refractivity contribution < 1.29 is 0 Å². The van der Waals surface area contributed by atoms with Crippen molar-refractivity contribution in [2.75, 3.05) is 13.3 Å². The number of aryl methyl sites for hydroxylation is 1. The van der Waals surface area contributed by atoms with Crippen LogP contribution in [0.3, 0.4) is 0 Å². The van der Waals surface area contributed by atoms with Gasteiger partial charge in [0.1, 0.15) is 0 Å². The summed E-state index contributed by atoms with van der Waals surface area (Å²) in [5.41, 5.74) is 2.92. The third-order valence-corrected chi connectivity index (χ3v) is 6.91. The summed E-state index contributed by atoms with van der Waals surface area (Å²) in [6.07, 6.45) is 4.38. The number of nitrogens with zero attached hydrogens (tertiary/aromatic N) is 2. The molecule has 3 nitrogen and oxygen atoms in total. The average molecular weight is 324 g/mol. The van der Waals surface area contributed by atoms with Gasteiger partial charge in [-0.1, -0.05) is 59.1 Å². The molecule has 0 saturated carbocycles. The van der Waals surface area contributed by atoms with Crippen molar-refractivity contribution in [2.24, 2.45) is 0 Å². The van der Waals surface area contributed by atoms with E-state index in [2.05, 4.69) is 39.8 Å². The van der Waals surface area contributed by atoms with E-state index in [1.807, 2.05) is 25.1 Å². The molecule has 106 valence electrons.